The second kappa shape index (κ2) is 6.39. The van der Waals surface area contributed by atoms with Crippen molar-refractivity contribution in [3.63, 3.8) is 0 Å². The van der Waals surface area contributed by atoms with Crippen molar-refractivity contribution in [2.24, 2.45) is 7.05 Å². The number of carbonyl (C=O) groups is 1. The van der Waals surface area contributed by atoms with Gasteiger partial charge in [0.25, 0.3) is 5.91 Å². The summed E-state index contributed by atoms with van der Waals surface area (Å²) < 4.78 is 58.9. The van der Waals surface area contributed by atoms with E-state index in [2.05, 4.69) is 20.6 Å². The number of carbonyl (C=O) groups excluding carboxylic acids is 1. The summed E-state index contributed by atoms with van der Waals surface area (Å²) >= 11 is 0. The molecule has 3 heterocycles. The maximum atomic E-state index is 14.3. The molecule has 1 fully saturated rings. The molecule has 0 unspecified atom stereocenters. The van der Waals surface area contributed by atoms with E-state index < -0.39 is 29.1 Å². The molecule has 3 aromatic rings. The average Bonchev–Trinajstić information content (AvgIpc) is 3.07. The Kier molecular flexibility index (Phi) is 4.21. The molecule has 0 aromatic carbocycles. The molecule has 1 aliphatic rings. The highest BCUT2D eigenvalue weighted by Gasteiger charge is 2.50. The molecule has 3 aromatic heterocycles. The van der Waals surface area contributed by atoms with Crippen molar-refractivity contribution in [3.8, 4) is 11.3 Å². The number of nitrogens with zero attached hydrogens (tertiary/aromatic N) is 4. The molecule has 11 heteroatoms. The quantitative estimate of drug-likeness (QED) is 0.668. The van der Waals surface area contributed by atoms with Gasteiger partial charge < -0.3 is 9.84 Å². The summed E-state index contributed by atoms with van der Waals surface area (Å²) in [6, 6.07) is 3.65. The Morgan fingerprint density at radius 2 is 2.03 bits per heavy atom. The Morgan fingerprint density at radius 1 is 1.31 bits per heavy atom. The Hall–Kier alpha value is -3.24. The highest BCUT2D eigenvalue weighted by atomic mass is 19.4. The van der Waals surface area contributed by atoms with Crippen molar-refractivity contribution < 1.29 is 26.9 Å². The zero-order chi connectivity index (χ0) is 21.0. The number of aryl methyl sites for hydroxylation is 2. The summed E-state index contributed by atoms with van der Waals surface area (Å²) in [5.74, 6) is -0.958. The zero-order valence-electron chi connectivity index (χ0n) is 15.3. The van der Waals surface area contributed by atoms with E-state index >= 15 is 0 Å². The van der Waals surface area contributed by atoms with Gasteiger partial charge in [0.05, 0.1) is 5.69 Å². The minimum Gasteiger partial charge on any atom is -0.358 e. The predicted octanol–water partition coefficient (Wildman–Crippen LogP) is 3.36. The number of aromatic nitrogens is 4. The first-order chi connectivity index (χ1) is 13.6. The smallest absolute Gasteiger partial charge is 0.358 e. The highest BCUT2D eigenvalue weighted by Crippen LogP contribution is 2.46. The third-order valence-electron chi connectivity index (χ3n) is 4.83. The molecule has 7 nitrogen and oxygen atoms in total. The van der Waals surface area contributed by atoms with Gasteiger partial charge in [-0.05, 0) is 25.8 Å². The Bertz CT molecular complexity index is 1100. The van der Waals surface area contributed by atoms with Gasteiger partial charge >= 0.3 is 6.18 Å². The summed E-state index contributed by atoms with van der Waals surface area (Å²) in [7, 11) is 1.25. The molecule has 0 atom stereocenters. The van der Waals surface area contributed by atoms with Crippen molar-refractivity contribution in [2.75, 3.05) is 0 Å². The molecule has 0 aliphatic heterocycles. The molecule has 1 N–H and O–H groups in total. The summed E-state index contributed by atoms with van der Waals surface area (Å²) in [5, 5.41) is 9.89. The number of hydrogen-bond acceptors (Lipinski definition) is 5. The van der Waals surface area contributed by atoms with Gasteiger partial charge in [-0.2, -0.15) is 18.3 Å². The van der Waals surface area contributed by atoms with Gasteiger partial charge in [-0.15, -0.1) is 0 Å². The van der Waals surface area contributed by atoms with E-state index in [-0.39, 0.29) is 22.6 Å². The summed E-state index contributed by atoms with van der Waals surface area (Å²) in [4.78, 5) is 16.4. The first-order valence-corrected chi connectivity index (χ1v) is 8.63. The molecule has 0 spiro atoms. The second-order valence-corrected chi connectivity index (χ2v) is 6.91. The van der Waals surface area contributed by atoms with Crippen molar-refractivity contribution in [1.29, 1.82) is 0 Å². The lowest BCUT2D eigenvalue weighted by atomic mass is 10.1. The Labute approximate surface area is 161 Å². The molecule has 1 amide bonds. The van der Waals surface area contributed by atoms with Gasteiger partial charge in [0.1, 0.15) is 16.9 Å². The lowest BCUT2D eigenvalue weighted by Gasteiger charge is -2.13. The number of amides is 1. The Balaban J connectivity index is 1.58. The monoisotopic (exact) mass is 409 g/mol. The molecule has 29 heavy (non-hydrogen) atoms. The van der Waals surface area contributed by atoms with Crippen molar-refractivity contribution in [1.82, 2.24) is 25.2 Å². The van der Waals surface area contributed by atoms with Gasteiger partial charge in [-0.3, -0.25) is 14.5 Å². The van der Waals surface area contributed by atoms with E-state index in [1.54, 1.807) is 0 Å². The summed E-state index contributed by atoms with van der Waals surface area (Å²) in [6.07, 6.45) is -2.19. The number of hydrogen-bond donors (Lipinski definition) is 1. The average molecular weight is 409 g/mol. The number of halogens is 4. The number of nitrogens with one attached hydrogen (secondary N) is 1. The molecule has 0 radical (unpaired) electrons. The van der Waals surface area contributed by atoms with Crippen LogP contribution in [0.2, 0.25) is 0 Å². The summed E-state index contributed by atoms with van der Waals surface area (Å²) in [6.45, 7) is 1.52. The zero-order valence-corrected chi connectivity index (χ0v) is 15.3. The van der Waals surface area contributed by atoms with E-state index in [0.717, 1.165) is 4.68 Å². The fraction of sp³-hybridized carbons (Fsp3) is 0.333. The van der Waals surface area contributed by atoms with E-state index in [0.29, 0.717) is 24.7 Å². The molecule has 1 aliphatic carbocycles. The third-order valence-corrected chi connectivity index (χ3v) is 4.83. The van der Waals surface area contributed by atoms with Crippen LogP contribution in [0.1, 0.15) is 40.5 Å². The van der Waals surface area contributed by atoms with Crippen LogP contribution in [0.5, 0.6) is 0 Å². The van der Waals surface area contributed by atoms with Gasteiger partial charge in [-0.1, -0.05) is 5.16 Å². The number of pyridine rings is 1. The molecular weight excluding hydrogens is 394 g/mol. The van der Waals surface area contributed by atoms with Crippen LogP contribution in [-0.4, -0.2) is 25.8 Å². The molecule has 0 saturated heterocycles. The van der Waals surface area contributed by atoms with Gasteiger partial charge in [0, 0.05) is 30.9 Å². The van der Waals surface area contributed by atoms with Crippen molar-refractivity contribution in [2.45, 2.75) is 31.5 Å². The maximum absolute atomic E-state index is 14.3. The lowest BCUT2D eigenvalue weighted by molar-refractivity contribution is -0.141. The minimum atomic E-state index is -4.65. The second-order valence-electron chi connectivity index (χ2n) is 6.91. The summed E-state index contributed by atoms with van der Waals surface area (Å²) in [5.41, 5.74) is -1.64. The largest absolute Gasteiger partial charge is 0.435 e. The molecule has 4 rings (SSSR count). The van der Waals surface area contributed by atoms with Gasteiger partial charge in [-0.25, -0.2) is 4.39 Å². The van der Waals surface area contributed by atoms with E-state index in [9.17, 15) is 22.4 Å². The van der Waals surface area contributed by atoms with Crippen LogP contribution in [-0.2, 0) is 18.8 Å². The normalized spacial score (nSPS) is 15.4. The SMILES string of the molecule is Cc1nccc(-c2cc(C3(NC(=O)c4cc(C(F)(F)F)nn4C)CC3)on2)c1F. The maximum Gasteiger partial charge on any atom is 0.435 e. The van der Waals surface area contributed by atoms with Crippen LogP contribution in [0.15, 0.2) is 28.9 Å². The molecular formula is C18H15F4N5O2. The van der Waals surface area contributed by atoms with Crippen LogP contribution in [0.3, 0.4) is 0 Å². The number of alkyl halides is 3. The van der Waals surface area contributed by atoms with Gasteiger partial charge in [0.15, 0.2) is 17.3 Å². The minimum absolute atomic E-state index is 0.205. The first-order valence-electron chi connectivity index (χ1n) is 8.63. The predicted molar refractivity (Wildman–Crippen MR) is 91.0 cm³/mol. The van der Waals surface area contributed by atoms with E-state index in [4.69, 9.17) is 4.52 Å². The van der Waals surface area contributed by atoms with Crippen LogP contribution < -0.4 is 5.32 Å². The van der Waals surface area contributed by atoms with Crippen molar-refractivity contribution >= 4 is 5.91 Å². The standard InChI is InChI=1S/C18H15F4N5O2/c1-9-15(19)10(3-6-23-9)11-7-14(29-26-11)17(4-5-17)24-16(28)12-8-13(18(20,21)22)25-27(12)2/h3,6-8H,4-5H2,1-2H3,(H,24,28). The topological polar surface area (TPSA) is 85.8 Å². The lowest BCUT2D eigenvalue weighted by Crippen LogP contribution is -2.35. The van der Waals surface area contributed by atoms with E-state index in [1.807, 2.05) is 0 Å². The molecule has 152 valence electrons. The van der Waals surface area contributed by atoms with E-state index in [1.165, 1.54) is 32.3 Å². The molecule has 1 saturated carbocycles. The van der Waals surface area contributed by atoms with Crippen LogP contribution in [0.25, 0.3) is 11.3 Å². The third kappa shape index (κ3) is 3.36. The van der Waals surface area contributed by atoms with Crippen LogP contribution in [0.4, 0.5) is 17.6 Å². The highest BCUT2D eigenvalue weighted by molar-refractivity contribution is 5.93. The van der Waals surface area contributed by atoms with Crippen molar-refractivity contribution in [3.05, 3.63) is 53.1 Å². The van der Waals surface area contributed by atoms with Crippen LogP contribution in [0, 0.1) is 12.7 Å². The fourth-order valence-corrected chi connectivity index (χ4v) is 3.03. The number of rotatable bonds is 4. The molecule has 0 bridgehead atoms. The first kappa shape index (κ1) is 19.1. The van der Waals surface area contributed by atoms with Gasteiger partial charge in [0.2, 0.25) is 0 Å². The Morgan fingerprint density at radius 3 is 2.66 bits per heavy atom. The van der Waals surface area contributed by atoms with Crippen LogP contribution >= 0.6 is 0 Å². The fourth-order valence-electron chi connectivity index (χ4n) is 3.03.